The van der Waals surface area contributed by atoms with Gasteiger partial charge in [-0.25, -0.2) is 0 Å². The molecule has 9 nitrogen and oxygen atoms in total. The lowest BCUT2D eigenvalue weighted by Gasteiger charge is -2.36. The first-order chi connectivity index (χ1) is 16.5. The molecule has 0 aromatic heterocycles. The number of ether oxygens (including phenoxy) is 2. The summed E-state index contributed by atoms with van der Waals surface area (Å²) in [5.41, 5.74) is 0.632. The van der Waals surface area contributed by atoms with Crippen molar-refractivity contribution in [1.29, 1.82) is 0 Å². The van der Waals surface area contributed by atoms with Crippen molar-refractivity contribution < 1.29 is 28.7 Å². The zero-order valence-corrected chi connectivity index (χ0v) is 20.9. The molecule has 1 saturated heterocycles. The van der Waals surface area contributed by atoms with E-state index in [-0.39, 0.29) is 29.0 Å². The first-order valence-corrected chi connectivity index (χ1v) is 12.1. The molecular weight excluding hydrogens is 474 g/mol. The van der Waals surface area contributed by atoms with Crippen LogP contribution in [0.5, 0.6) is 0 Å². The van der Waals surface area contributed by atoms with E-state index in [4.69, 9.17) is 21.1 Å². The quantitative estimate of drug-likeness (QED) is 0.435. The Labute approximate surface area is 209 Å². The number of nitrogens with zero attached hydrogens (tertiary/aromatic N) is 1. The van der Waals surface area contributed by atoms with Crippen LogP contribution in [0.2, 0.25) is 5.02 Å². The molecule has 1 aromatic rings. The predicted octanol–water partition coefficient (Wildman–Crippen LogP) is 2.19. The lowest BCUT2D eigenvalue weighted by Crippen LogP contribution is -2.59. The van der Waals surface area contributed by atoms with Gasteiger partial charge in [0.25, 0.3) is 5.91 Å². The van der Waals surface area contributed by atoms with Gasteiger partial charge in [-0.1, -0.05) is 50.6 Å². The summed E-state index contributed by atoms with van der Waals surface area (Å²) in [4.78, 5) is 53.3. The first kappa shape index (κ1) is 25.2. The van der Waals surface area contributed by atoms with Gasteiger partial charge in [0.2, 0.25) is 18.1 Å². The number of halogens is 1. The largest absolute Gasteiger partial charge is 0.433 e. The van der Waals surface area contributed by atoms with Gasteiger partial charge in [0.15, 0.2) is 0 Å². The van der Waals surface area contributed by atoms with Crippen molar-refractivity contribution in [2.45, 2.75) is 71.0 Å². The van der Waals surface area contributed by atoms with E-state index >= 15 is 0 Å². The number of hydrogen-bond acceptors (Lipinski definition) is 6. The topological polar surface area (TPSA) is 114 Å². The Hall–Kier alpha value is -2.91. The summed E-state index contributed by atoms with van der Waals surface area (Å²) in [7, 11) is 0. The van der Waals surface area contributed by atoms with Crippen LogP contribution >= 0.6 is 11.6 Å². The van der Waals surface area contributed by atoms with E-state index in [1.807, 2.05) is 20.8 Å². The molecular formula is C25H30ClN3O6. The van der Waals surface area contributed by atoms with Gasteiger partial charge in [0.05, 0.1) is 23.0 Å². The Kier molecular flexibility index (Phi) is 6.92. The van der Waals surface area contributed by atoms with Crippen LogP contribution in [0.15, 0.2) is 35.9 Å². The Morgan fingerprint density at radius 1 is 1.23 bits per heavy atom. The van der Waals surface area contributed by atoms with E-state index < -0.39 is 47.6 Å². The standard InChI is InChI=1S/C25H30ClN3O6/c1-5-34-24-16(12-19(30)35-24)27-22(32)18-11-13-10-17(13)29(18)23(33)20(25(2,3)4)28-21(31)14-8-6-7-9-15(14)26/h6-9,11,16-18,20,24H,5,10,12H2,1-4H3,(H,27,32)(H,28,31). The smallest absolute Gasteiger partial charge is 0.310 e. The Balaban J connectivity index is 1.52. The van der Waals surface area contributed by atoms with Crippen LogP contribution in [-0.4, -0.2) is 65.7 Å². The molecule has 1 saturated carbocycles. The van der Waals surface area contributed by atoms with Crippen molar-refractivity contribution >= 4 is 35.3 Å². The van der Waals surface area contributed by atoms with Gasteiger partial charge in [-0.15, -0.1) is 0 Å². The third kappa shape index (κ3) is 5.21. The Morgan fingerprint density at radius 3 is 2.60 bits per heavy atom. The number of hydrogen-bond donors (Lipinski definition) is 2. The molecule has 2 aliphatic heterocycles. The van der Waals surface area contributed by atoms with Gasteiger partial charge in [-0.05, 0) is 36.5 Å². The zero-order valence-electron chi connectivity index (χ0n) is 20.2. The SMILES string of the molecule is CCOC1OC(=O)CC1NC(=O)C1C=C2CC2N1C(=O)C(NC(=O)c1ccccc1Cl)C(C)(C)C. The molecule has 3 aliphatic rings. The Morgan fingerprint density at radius 2 is 1.94 bits per heavy atom. The van der Waals surface area contributed by atoms with Crippen LogP contribution in [0.25, 0.3) is 0 Å². The van der Waals surface area contributed by atoms with E-state index in [0.717, 1.165) is 5.57 Å². The number of esters is 1. The summed E-state index contributed by atoms with van der Waals surface area (Å²) < 4.78 is 10.6. The zero-order chi connectivity index (χ0) is 25.5. The molecule has 2 heterocycles. The van der Waals surface area contributed by atoms with E-state index in [2.05, 4.69) is 10.6 Å². The number of fused-ring (bicyclic) bond motifs is 1. The van der Waals surface area contributed by atoms with Crippen molar-refractivity contribution in [3.63, 3.8) is 0 Å². The fourth-order valence-electron chi connectivity index (χ4n) is 4.48. The maximum absolute atomic E-state index is 13.8. The van der Waals surface area contributed by atoms with Crippen LogP contribution in [0.3, 0.4) is 0 Å². The molecule has 2 N–H and O–H groups in total. The van der Waals surface area contributed by atoms with Crippen molar-refractivity contribution in [2.24, 2.45) is 5.41 Å². The summed E-state index contributed by atoms with van der Waals surface area (Å²) >= 11 is 6.18. The molecule has 5 atom stereocenters. The highest BCUT2D eigenvalue weighted by atomic mass is 35.5. The molecule has 4 rings (SSSR count). The molecule has 0 radical (unpaired) electrons. The van der Waals surface area contributed by atoms with Gasteiger partial charge in [-0.2, -0.15) is 0 Å². The molecule has 1 aliphatic carbocycles. The maximum atomic E-state index is 13.8. The molecule has 1 aromatic carbocycles. The van der Waals surface area contributed by atoms with E-state index in [1.54, 1.807) is 37.3 Å². The monoisotopic (exact) mass is 503 g/mol. The fraction of sp³-hybridized carbons (Fsp3) is 0.520. The molecule has 10 heteroatoms. The summed E-state index contributed by atoms with van der Waals surface area (Å²) in [5, 5.41) is 5.93. The molecule has 0 bridgehead atoms. The minimum absolute atomic E-state index is 0.00438. The van der Waals surface area contributed by atoms with Gasteiger partial charge in [-0.3, -0.25) is 19.2 Å². The molecule has 188 valence electrons. The predicted molar refractivity (Wildman–Crippen MR) is 127 cm³/mol. The van der Waals surface area contributed by atoms with Gasteiger partial charge >= 0.3 is 5.97 Å². The average Bonchev–Trinajstić information content (AvgIpc) is 3.31. The fourth-order valence-corrected chi connectivity index (χ4v) is 4.70. The minimum Gasteiger partial charge on any atom is -0.433 e. The van der Waals surface area contributed by atoms with Crippen LogP contribution in [0.4, 0.5) is 0 Å². The summed E-state index contributed by atoms with van der Waals surface area (Å²) in [5.74, 6) is -1.69. The van der Waals surface area contributed by atoms with Crippen molar-refractivity contribution in [3.8, 4) is 0 Å². The highest BCUT2D eigenvalue weighted by molar-refractivity contribution is 6.33. The second-order valence-corrected chi connectivity index (χ2v) is 10.4. The average molecular weight is 504 g/mol. The second-order valence-electron chi connectivity index (χ2n) is 10.0. The maximum Gasteiger partial charge on any atom is 0.310 e. The van der Waals surface area contributed by atoms with Crippen LogP contribution in [0.1, 0.15) is 50.9 Å². The lowest BCUT2D eigenvalue weighted by atomic mass is 9.85. The van der Waals surface area contributed by atoms with Crippen molar-refractivity contribution in [2.75, 3.05) is 6.61 Å². The number of carbonyl (C=O) groups is 4. The van der Waals surface area contributed by atoms with E-state index in [9.17, 15) is 19.2 Å². The number of benzene rings is 1. The third-order valence-corrected chi connectivity index (χ3v) is 6.69. The second kappa shape index (κ2) is 9.62. The first-order valence-electron chi connectivity index (χ1n) is 11.7. The van der Waals surface area contributed by atoms with Gasteiger partial charge in [0, 0.05) is 6.61 Å². The summed E-state index contributed by atoms with van der Waals surface area (Å²) in [6.07, 6.45) is 1.61. The lowest BCUT2D eigenvalue weighted by molar-refractivity contribution is -0.164. The molecule has 0 spiro atoms. The van der Waals surface area contributed by atoms with Crippen molar-refractivity contribution in [1.82, 2.24) is 15.5 Å². The van der Waals surface area contributed by atoms with E-state index in [1.165, 1.54) is 4.90 Å². The number of amides is 3. The highest BCUT2D eigenvalue weighted by Crippen LogP contribution is 2.44. The van der Waals surface area contributed by atoms with Crippen LogP contribution in [-0.2, 0) is 23.9 Å². The summed E-state index contributed by atoms with van der Waals surface area (Å²) in [6, 6.07) is 4.05. The molecule has 3 amide bonds. The van der Waals surface area contributed by atoms with Gasteiger partial charge < -0.3 is 25.0 Å². The number of rotatable bonds is 7. The van der Waals surface area contributed by atoms with Crippen LogP contribution < -0.4 is 10.6 Å². The number of carbonyl (C=O) groups excluding carboxylic acids is 4. The molecule has 35 heavy (non-hydrogen) atoms. The molecule has 5 unspecified atom stereocenters. The number of cyclic esters (lactones) is 1. The number of nitrogens with one attached hydrogen (secondary N) is 2. The van der Waals surface area contributed by atoms with Crippen molar-refractivity contribution in [3.05, 3.63) is 46.5 Å². The van der Waals surface area contributed by atoms with Gasteiger partial charge in [0.1, 0.15) is 18.1 Å². The Bertz CT molecular complexity index is 1080. The normalized spacial score (nSPS) is 25.9. The molecule has 2 fully saturated rings. The van der Waals surface area contributed by atoms with Crippen LogP contribution in [0, 0.1) is 5.41 Å². The highest BCUT2D eigenvalue weighted by Gasteiger charge is 2.53. The third-order valence-electron chi connectivity index (χ3n) is 6.36. The minimum atomic E-state index is -0.900. The summed E-state index contributed by atoms with van der Waals surface area (Å²) in [6.45, 7) is 7.64. The van der Waals surface area contributed by atoms with E-state index in [0.29, 0.717) is 13.0 Å².